The fourth-order valence-corrected chi connectivity index (χ4v) is 4.51. The second kappa shape index (κ2) is 10.2. The summed E-state index contributed by atoms with van der Waals surface area (Å²) in [7, 11) is -1.30. The van der Waals surface area contributed by atoms with Crippen LogP contribution in [0.5, 0.6) is 5.88 Å². The highest BCUT2D eigenvalue weighted by atomic mass is 32.2. The third kappa shape index (κ3) is 5.64. The van der Waals surface area contributed by atoms with Crippen molar-refractivity contribution in [3.05, 3.63) is 84.8 Å². The number of ether oxygens (including phenoxy) is 1. The lowest BCUT2D eigenvalue weighted by molar-refractivity contribution is 0.400. The summed E-state index contributed by atoms with van der Waals surface area (Å²) >= 11 is 0. The molecule has 2 aromatic carbocycles. The Labute approximate surface area is 212 Å². The van der Waals surface area contributed by atoms with Gasteiger partial charge >= 0.3 is 0 Å². The number of aryl methyl sites for hydroxylation is 1. The van der Waals surface area contributed by atoms with Gasteiger partial charge in [-0.05, 0) is 41.5 Å². The molecule has 0 amide bonds. The van der Waals surface area contributed by atoms with Crippen LogP contribution in [0.4, 0.5) is 25.8 Å². The van der Waals surface area contributed by atoms with E-state index in [4.69, 9.17) is 10.5 Å². The minimum absolute atomic E-state index is 0.0436. The summed E-state index contributed by atoms with van der Waals surface area (Å²) in [5.74, 6) is -2.17. The molecule has 0 fully saturated rings. The second-order valence-electron chi connectivity index (χ2n) is 7.92. The fraction of sp³-hybridized carbons (Fsp3) is 0.0800. The molecule has 0 saturated heterocycles. The quantitative estimate of drug-likeness (QED) is 0.257. The van der Waals surface area contributed by atoms with Gasteiger partial charge in [0, 0.05) is 42.8 Å². The summed E-state index contributed by atoms with van der Waals surface area (Å²) < 4.78 is 62.0. The molecule has 0 unspecified atom stereocenters. The number of hydrogen-bond donors (Lipinski definition) is 2. The van der Waals surface area contributed by atoms with Gasteiger partial charge in [0.05, 0.1) is 24.7 Å². The van der Waals surface area contributed by atoms with Crippen molar-refractivity contribution in [1.29, 1.82) is 0 Å². The van der Waals surface area contributed by atoms with Crippen molar-refractivity contribution in [1.82, 2.24) is 14.8 Å². The molecule has 0 aliphatic heterocycles. The van der Waals surface area contributed by atoms with E-state index < -0.39 is 26.6 Å². The zero-order chi connectivity index (χ0) is 26.7. The first-order valence-electron chi connectivity index (χ1n) is 10.7. The third-order valence-corrected chi connectivity index (χ3v) is 6.67. The van der Waals surface area contributed by atoms with Crippen LogP contribution < -0.4 is 15.2 Å². The van der Waals surface area contributed by atoms with Crippen LogP contribution in [0.3, 0.4) is 0 Å². The number of nitrogens with zero attached hydrogens (tertiary/aromatic N) is 4. The number of nitrogens with one attached hydrogen (secondary N) is 1. The zero-order valence-electron chi connectivity index (χ0n) is 19.8. The molecular formula is C25H22F2N6O3S. The summed E-state index contributed by atoms with van der Waals surface area (Å²) in [5, 5.41) is 4.10. The lowest BCUT2D eigenvalue weighted by Gasteiger charge is -2.13. The number of aliphatic imine (C=N–C) groups is 1. The number of aromatic nitrogens is 3. The van der Waals surface area contributed by atoms with E-state index in [9.17, 15) is 17.2 Å². The molecule has 3 N–H and O–H groups in total. The van der Waals surface area contributed by atoms with Gasteiger partial charge in [-0.3, -0.25) is 14.4 Å². The molecule has 0 aliphatic rings. The summed E-state index contributed by atoms with van der Waals surface area (Å²) in [6.07, 6.45) is 6.54. The molecule has 9 nitrogen and oxygen atoms in total. The van der Waals surface area contributed by atoms with Crippen LogP contribution in [0.15, 0.2) is 77.5 Å². The van der Waals surface area contributed by atoms with Crippen LogP contribution >= 0.6 is 0 Å². The molecule has 2 heterocycles. The molecule has 37 heavy (non-hydrogen) atoms. The Hall–Kier alpha value is -4.58. The Morgan fingerprint density at radius 2 is 1.95 bits per heavy atom. The van der Waals surface area contributed by atoms with Gasteiger partial charge in [-0.2, -0.15) is 5.10 Å². The number of allylic oxidation sites excluding steroid dienone is 1. The SMILES string of the molecule is C=C(/C=N\c1ccc(-c2cnc(OC)c(NS(=O)(=O)c3ccc(F)cc3F)c2)cc1N)c1cnn(C)c1. The normalized spacial score (nSPS) is 11.6. The molecule has 12 heteroatoms. The van der Waals surface area contributed by atoms with E-state index >= 15 is 0 Å². The zero-order valence-corrected chi connectivity index (χ0v) is 20.6. The first kappa shape index (κ1) is 25.5. The Kier molecular flexibility index (Phi) is 7.02. The minimum atomic E-state index is -4.41. The van der Waals surface area contributed by atoms with Crippen LogP contribution in [0.2, 0.25) is 0 Å². The first-order valence-corrected chi connectivity index (χ1v) is 12.2. The topological polar surface area (TPSA) is 124 Å². The van der Waals surface area contributed by atoms with Gasteiger partial charge < -0.3 is 10.5 Å². The van der Waals surface area contributed by atoms with Crippen LogP contribution in [-0.2, 0) is 17.1 Å². The summed E-state index contributed by atoms with van der Waals surface area (Å²) in [4.78, 5) is 7.81. The monoisotopic (exact) mass is 524 g/mol. The molecular weight excluding hydrogens is 502 g/mol. The maximum Gasteiger partial charge on any atom is 0.264 e. The highest BCUT2D eigenvalue weighted by molar-refractivity contribution is 7.92. The number of nitrogens with two attached hydrogens (primary N) is 1. The molecule has 4 aromatic rings. The van der Waals surface area contributed by atoms with Gasteiger partial charge in [0.15, 0.2) is 0 Å². The van der Waals surface area contributed by atoms with E-state index in [-0.39, 0.29) is 11.6 Å². The maximum absolute atomic E-state index is 14.1. The lowest BCUT2D eigenvalue weighted by atomic mass is 10.1. The minimum Gasteiger partial charge on any atom is -0.480 e. The number of methoxy groups -OCH3 is 1. The Bertz CT molecular complexity index is 1630. The van der Waals surface area contributed by atoms with E-state index in [0.29, 0.717) is 34.1 Å². The summed E-state index contributed by atoms with van der Waals surface area (Å²) in [6.45, 7) is 3.97. The first-order chi connectivity index (χ1) is 17.6. The van der Waals surface area contributed by atoms with Gasteiger partial charge in [0.25, 0.3) is 10.0 Å². The van der Waals surface area contributed by atoms with E-state index in [1.54, 1.807) is 42.3 Å². The molecule has 0 bridgehead atoms. The number of anilines is 2. The molecule has 0 spiro atoms. The van der Waals surface area contributed by atoms with Crippen molar-refractivity contribution < 1.29 is 21.9 Å². The number of sulfonamides is 1. The molecule has 0 atom stereocenters. The number of pyridine rings is 1. The highest BCUT2D eigenvalue weighted by Crippen LogP contribution is 2.33. The second-order valence-corrected chi connectivity index (χ2v) is 9.57. The van der Waals surface area contributed by atoms with Gasteiger partial charge in [0.2, 0.25) is 5.88 Å². The molecule has 2 aromatic heterocycles. The average molecular weight is 525 g/mol. The van der Waals surface area contributed by atoms with Gasteiger partial charge in [0.1, 0.15) is 22.2 Å². The number of rotatable bonds is 8. The van der Waals surface area contributed by atoms with Crippen molar-refractivity contribution in [2.75, 3.05) is 17.6 Å². The average Bonchev–Trinajstić information content (AvgIpc) is 3.29. The number of halogens is 2. The Morgan fingerprint density at radius 3 is 2.59 bits per heavy atom. The Balaban J connectivity index is 1.61. The van der Waals surface area contributed by atoms with Crippen molar-refractivity contribution in [3.63, 3.8) is 0 Å². The van der Waals surface area contributed by atoms with Crippen LogP contribution in [0.1, 0.15) is 5.56 Å². The van der Waals surface area contributed by atoms with Crippen molar-refractivity contribution in [3.8, 4) is 17.0 Å². The smallest absolute Gasteiger partial charge is 0.264 e. The largest absolute Gasteiger partial charge is 0.480 e. The standard InChI is InChI=1S/C25H22F2N6O3S/c1-15(18-13-31-33(2)14-18)11-29-22-6-4-16(8-21(22)28)17-9-23(25(36-3)30-12-17)32-37(34,35)24-7-5-19(26)10-20(24)27/h4-14,32H,1,28H2,2-3H3/b29-11-. The maximum atomic E-state index is 14.1. The van der Waals surface area contributed by atoms with Crippen molar-refractivity contribution in [2.24, 2.45) is 12.0 Å². The number of benzene rings is 2. The molecule has 0 saturated carbocycles. The summed E-state index contributed by atoms with van der Waals surface area (Å²) in [5.41, 5.74) is 9.61. The van der Waals surface area contributed by atoms with Gasteiger partial charge in [-0.1, -0.05) is 12.6 Å². The van der Waals surface area contributed by atoms with Crippen LogP contribution in [0.25, 0.3) is 16.7 Å². The van der Waals surface area contributed by atoms with Crippen molar-refractivity contribution in [2.45, 2.75) is 4.90 Å². The summed E-state index contributed by atoms with van der Waals surface area (Å²) in [6, 6.07) is 8.71. The lowest BCUT2D eigenvalue weighted by Crippen LogP contribution is -2.15. The Morgan fingerprint density at radius 1 is 1.16 bits per heavy atom. The predicted octanol–water partition coefficient (Wildman–Crippen LogP) is 4.57. The predicted molar refractivity (Wildman–Crippen MR) is 138 cm³/mol. The van der Waals surface area contributed by atoms with Crippen LogP contribution in [-0.4, -0.2) is 36.5 Å². The van der Waals surface area contributed by atoms with Crippen molar-refractivity contribution >= 4 is 38.9 Å². The molecule has 0 aliphatic carbocycles. The third-order valence-electron chi connectivity index (χ3n) is 5.27. The number of hydrogen-bond acceptors (Lipinski definition) is 7. The van der Waals surface area contributed by atoms with Crippen LogP contribution in [0, 0.1) is 11.6 Å². The van der Waals surface area contributed by atoms with E-state index in [2.05, 4.69) is 26.4 Å². The van der Waals surface area contributed by atoms with E-state index in [1.807, 2.05) is 6.20 Å². The van der Waals surface area contributed by atoms with E-state index in [1.165, 1.54) is 19.4 Å². The van der Waals surface area contributed by atoms with E-state index in [0.717, 1.165) is 17.7 Å². The fourth-order valence-electron chi connectivity index (χ4n) is 3.40. The number of nitrogen functional groups attached to an aromatic ring is 1. The molecule has 190 valence electrons. The van der Waals surface area contributed by atoms with Gasteiger partial charge in [-0.25, -0.2) is 22.2 Å². The highest BCUT2D eigenvalue weighted by Gasteiger charge is 2.22. The molecule has 0 radical (unpaired) electrons. The van der Waals surface area contributed by atoms with Gasteiger partial charge in [-0.15, -0.1) is 0 Å². The molecule has 4 rings (SSSR count).